The number of ether oxygens (including phenoxy) is 2. The predicted molar refractivity (Wildman–Crippen MR) is 144 cm³/mol. The first-order valence-corrected chi connectivity index (χ1v) is 12.6. The van der Waals surface area contributed by atoms with Gasteiger partial charge in [-0.3, -0.25) is 4.79 Å². The summed E-state index contributed by atoms with van der Waals surface area (Å²) >= 11 is 1.37. The number of carbonyl (C=O) groups is 1. The third-order valence-corrected chi connectivity index (χ3v) is 7.07. The standard InChI is InChI=1S/C28H31FN2O4S/c1-15-12-21(34-7)22(23-19-10-11-36-25(19)26(32)30-24(15)23)17-8-9-18(20(29)13-17)16(2)14-31(6)27(33)35-28(3,4)5/h8-13,16H,14H2,1-7H3,(H,30,32)/t16-/m0/s1. The molecular formula is C28H31FN2O4S. The molecule has 6 nitrogen and oxygen atoms in total. The number of hydrogen-bond donors (Lipinski definition) is 1. The molecule has 0 fully saturated rings. The van der Waals surface area contributed by atoms with Crippen LogP contribution in [0.4, 0.5) is 9.18 Å². The maximum atomic E-state index is 15.5. The highest BCUT2D eigenvalue weighted by Crippen LogP contribution is 2.42. The second-order valence-corrected chi connectivity index (χ2v) is 11.1. The highest BCUT2D eigenvalue weighted by Gasteiger charge is 2.23. The minimum atomic E-state index is -0.602. The number of nitrogens with one attached hydrogen (secondary N) is 1. The number of aryl methyl sites for hydroxylation is 1. The maximum absolute atomic E-state index is 15.5. The van der Waals surface area contributed by atoms with Crippen LogP contribution in [0.15, 0.2) is 40.5 Å². The van der Waals surface area contributed by atoms with Crippen molar-refractivity contribution in [3.8, 4) is 16.9 Å². The Labute approximate surface area is 213 Å². The molecule has 0 aliphatic heterocycles. The zero-order valence-electron chi connectivity index (χ0n) is 21.6. The van der Waals surface area contributed by atoms with E-state index in [2.05, 4.69) is 4.98 Å². The number of H-pyrrole nitrogens is 1. The first-order valence-electron chi connectivity index (χ1n) is 11.8. The molecular weight excluding hydrogens is 479 g/mol. The van der Waals surface area contributed by atoms with Crippen LogP contribution in [0.5, 0.6) is 5.75 Å². The number of carbonyl (C=O) groups excluding carboxylic acids is 1. The molecule has 4 aromatic rings. The van der Waals surface area contributed by atoms with Crippen molar-refractivity contribution in [3.63, 3.8) is 0 Å². The molecule has 2 aromatic heterocycles. The van der Waals surface area contributed by atoms with E-state index in [0.29, 0.717) is 33.6 Å². The van der Waals surface area contributed by atoms with Gasteiger partial charge >= 0.3 is 6.09 Å². The fourth-order valence-electron chi connectivity index (χ4n) is 4.52. The van der Waals surface area contributed by atoms with Gasteiger partial charge in [0.1, 0.15) is 21.9 Å². The molecule has 36 heavy (non-hydrogen) atoms. The van der Waals surface area contributed by atoms with Crippen LogP contribution < -0.4 is 10.3 Å². The molecule has 190 valence electrons. The number of amides is 1. The molecule has 0 saturated heterocycles. The number of nitrogens with zero attached hydrogens (tertiary/aromatic N) is 1. The van der Waals surface area contributed by atoms with Crippen molar-refractivity contribution in [2.24, 2.45) is 0 Å². The molecule has 2 aromatic carbocycles. The van der Waals surface area contributed by atoms with Crippen molar-refractivity contribution in [3.05, 3.63) is 63.0 Å². The van der Waals surface area contributed by atoms with Gasteiger partial charge in [-0.1, -0.05) is 19.1 Å². The molecule has 0 aliphatic rings. The van der Waals surface area contributed by atoms with Crippen LogP contribution in [-0.2, 0) is 4.74 Å². The topological polar surface area (TPSA) is 71.6 Å². The molecule has 0 radical (unpaired) electrons. The van der Waals surface area contributed by atoms with Gasteiger partial charge in [0.05, 0.1) is 12.6 Å². The van der Waals surface area contributed by atoms with Crippen LogP contribution in [0, 0.1) is 12.7 Å². The van der Waals surface area contributed by atoms with Crippen LogP contribution in [0.2, 0.25) is 0 Å². The number of hydrogen-bond acceptors (Lipinski definition) is 5. The lowest BCUT2D eigenvalue weighted by atomic mass is 9.92. The number of methoxy groups -OCH3 is 1. The van der Waals surface area contributed by atoms with Crippen molar-refractivity contribution < 1.29 is 18.7 Å². The summed E-state index contributed by atoms with van der Waals surface area (Å²) in [6.07, 6.45) is -0.448. The number of likely N-dealkylation sites (N-methyl/N-ethyl adjacent to an activating group) is 1. The van der Waals surface area contributed by atoms with Crippen molar-refractivity contribution in [1.29, 1.82) is 0 Å². The molecule has 0 aliphatic carbocycles. The second-order valence-electron chi connectivity index (χ2n) is 10.1. The lowest BCUT2D eigenvalue weighted by Crippen LogP contribution is -2.36. The molecule has 1 atom stereocenters. The van der Waals surface area contributed by atoms with E-state index in [4.69, 9.17) is 9.47 Å². The van der Waals surface area contributed by atoms with E-state index in [9.17, 15) is 9.59 Å². The third kappa shape index (κ3) is 4.82. The fourth-order valence-corrected chi connectivity index (χ4v) is 5.32. The van der Waals surface area contributed by atoms with Crippen LogP contribution >= 0.6 is 11.3 Å². The normalized spacial score (nSPS) is 12.7. The Hall–Kier alpha value is -3.39. The molecule has 4 rings (SSSR count). The number of aromatic amines is 1. The molecule has 1 amide bonds. The van der Waals surface area contributed by atoms with Crippen LogP contribution in [-0.4, -0.2) is 42.3 Å². The molecule has 0 spiro atoms. The van der Waals surface area contributed by atoms with Gasteiger partial charge in [0, 0.05) is 35.8 Å². The number of rotatable bonds is 5. The Morgan fingerprint density at radius 1 is 1.22 bits per heavy atom. The fraction of sp³-hybridized carbons (Fsp3) is 0.357. The van der Waals surface area contributed by atoms with Crippen molar-refractivity contribution in [1.82, 2.24) is 9.88 Å². The summed E-state index contributed by atoms with van der Waals surface area (Å²) in [4.78, 5) is 29.4. The second kappa shape index (κ2) is 9.58. The van der Waals surface area contributed by atoms with Gasteiger partial charge in [-0.25, -0.2) is 9.18 Å². The first-order chi connectivity index (χ1) is 16.9. The smallest absolute Gasteiger partial charge is 0.410 e. The monoisotopic (exact) mass is 510 g/mol. The average molecular weight is 511 g/mol. The Morgan fingerprint density at radius 2 is 1.94 bits per heavy atom. The van der Waals surface area contributed by atoms with E-state index >= 15 is 4.39 Å². The molecule has 8 heteroatoms. The van der Waals surface area contributed by atoms with E-state index in [0.717, 1.165) is 21.9 Å². The summed E-state index contributed by atoms with van der Waals surface area (Å²) in [6, 6.07) is 8.88. The lowest BCUT2D eigenvalue weighted by Gasteiger charge is -2.26. The van der Waals surface area contributed by atoms with Gasteiger partial charge in [0.2, 0.25) is 0 Å². The van der Waals surface area contributed by atoms with Crippen LogP contribution in [0.25, 0.3) is 32.1 Å². The Balaban J connectivity index is 1.77. The molecule has 0 saturated carbocycles. The summed E-state index contributed by atoms with van der Waals surface area (Å²) in [5, 5.41) is 3.52. The number of fused-ring (bicyclic) bond motifs is 3. The summed E-state index contributed by atoms with van der Waals surface area (Å²) in [6.45, 7) is 9.52. The van der Waals surface area contributed by atoms with Crippen molar-refractivity contribution >= 4 is 38.4 Å². The zero-order valence-corrected chi connectivity index (χ0v) is 22.4. The molecule has 0 unspecified atom stereocenters. The average Bonchev–Trinajstić information content (AvgIpc) is 3.29. The highest BCUT2D eigenvalue weighted by atomic mass is 32.1. The van der Waals surface area contributed by atoms with Gasteiger partial charge in [-0.15, -0.1) is 11.3 Å². The lowest BCUT2D eigenvalue weighted by molar-refractivity contribution is 0.0290. The number of halogens is 1. The first kappa shape index (κ1) is 25.7. The quantitative estimate of drug-likeness (QED) is 0.319. The number of benzene rings is 2. The van der Waals surface area contributed by atoms with Crippen LogP contribution in [0.3, 0.4) is 0 Å². The summed E-state index contributed by atoms with van der Waals surface area (Å²) in [5.74, 6) is -0.0306. The SMILES string of the molecule is COc1cc(C)c2[nH]c(=O)c3sccc3c2c1-c1ccc([C@@H](C)CN(C)C(=O)OC(C)(C)C)c(F)c1. The van der Waals surface area contributed by atoms with Gasteiger partial charge < -0.3 is 19.4 Å². The van der Waals surface area contributed by atoms with E-state index in [-0.39, 0.29) is 17.3 Å². The summed E-state index contributed by atoms with van der Waals surface area (Å²) in [5.41, 5.74) is 2.70. The van der Waals surface area contributed by atoms with Crippen molar-refractivity contribution in [2.45, 2.75) is 46.1 Å². The van der Waals surface area contributed by atoms with E-state index in [1.807, 2.05) is 58.2 Å². The molecule has 1 N–H and O–H groups in total. The van der Waals surface area contributed by atoms with Crippen molar-refractivity contribution in [2.75, 3.05) is 20.7 Å². The number of thiophene rings is 1. The Morgan fingerprint density at radius 3 is 2.58 bits per heavy atom. The Bertz CT molecular complexity index is 1520. The number of pyridine rings is 1. The molecule has 0 bridgehead atoms. The summed E-state index contributed by atoms with van der Waals surface area (Å²) in [7, 11) is 3.23. The highest BCUT2D eigenvalue weighted by molar-refractivity contribution is 7.17. The minimum Gasteiger partial charge on any atom is -0.496 e. The van der Waals surface area contributed by atoms with E-state index in [1.54, 1.807) is 20.2 Å². The van der Waals surface area contributed by atoms with Gasteiger partial charge in [0.15, 0.2) is 0 Å². The molecule has 2 heterocycles. The maximum Gasteiger partial charge on any atom is 0.410 e. The largest absolute Gasteiger partial charge is 0.496 e. The van der Waals surface area contributed by atoms with E-state index in [1.165, 1.54) is 22.3 Å². The zero-order chi connectivity index (χ0) is 26.4. The van der Waals surface area contributed by atoms with Crippen LogP contribution in [0.1, 0.15) is 44.7 Å². The summed E-state index contributed by atoms with van der Waals surface area (Å²) < 4.78 is 27.3. The Kier molecular flexibility index (Phi) is 6.84. The predicted octanol–water partition coefficient (Wildman–Crippen LogP) is 6.84. The van der Waals surface area contributed by atoms with E-state index < -0.39 is 11.7 Å². The van der Waals surface area contributed by atoms with Gasteiger partial charge in [-0.2, -0.15) is 0 Å². The minimum absolute atomic E-state index is 0.142. The van der Waals surface area contributed by atoms with Gasteiger partial charge in [0.25, 0.3) is 5.56 Å². The third-order valence-electron chi connectivity index (χ3n) is 6.16. The van der Waals surface area contributed by atoms with Gasteiger partial charge in [-0.05, 0) is 68.0 Å². The number of aromatic nitrogens is 1.